The van der Waals surface area contributed by atoms with Crippen LogP contribution in [0.3, 0.4) is 0 Å². The molecule has 60 valence electrons. The molecule has 0 heterocycles. The zero-order valence-corrected chi connectivity index (χ0v) is 7.35. The standard InChI is InChI=1S/C8H15FS/c1-8(2)7-10-6-4-3-5-9/h1,3-7H2,2H3. The second-order valence-electron chi connectivity index (χ2n) is 2.41. The average Bonchev–Trinajstić information content (AvgIpc) is 1.87. The Morgan fingerprint density at radius 2 is 2.20 bits per heavy atom. The van der Waals surface area contributed by atoms with Crippen LogP contribution in [-0.2, 0) is 0 Å². The fraction of sp³-hybridized carbons (Fsp3) is 0.750. The first-order chi connectivity index (χ1) is 4.77. The molecule has 0 aliphatic rings. The van der Waals surface area contributed by atoms with Gasteiger partial charge in [-0.05, 0) is 25.5 Å². The summed E-state index contributed by atoms with van der Waals surface area (Å²) >= 11 is 1.84. The van der Waals surface area contributed by atoms with Crippen molar-refractivity contribution in [3.05, 3.63) is 12.2 Å². The molecule has 0 bridgehead atoms. The summed E-state index contributed by atoms with van der Waals surface area (Å²) in [5.74, 6) is 2.09. The van der Waals surface area contributed by atoms with Crippen LogP contribution in [0.2, 0.25) is 0 Å². The van der Waals surface area contributed by atoms with Gasteiger partial charge in [0, 0.05) is 5.75 Å². The number of thioether (sulfide) groups is 1. The molecule has 10 heavy (non-hydrogen) atoms. The van der Waals surface area contributed by atoms with Crippen molar-refractivity contribution in [3.63, 3.8) is 0 Å². The van der Waals surface area contributed by atoms with E-state index < -0.39 is 0 Å². The van der Waals surface area contributed by atoms with E-state index in [0.29, 0.717) is 6.42 Å². The predicted molar refractivity (Wildman–Crippen MR) is 47.3 cm³/mol. The van der Waals surface area contributed by atoms with Crippen molar-refractivity contribution in [2.75, 3.05) is 18.2 Å². The van der Waals surface area contributed by atoms with Gasteiger partial charge in [-0.1, -0.05) is 12.2 Å². The van der Waals surface area contributed by atoms with Crippen LogP contribution in [0.15, 0.2) is 12.2 Å². The molecular weight excluding hydrogens is 147 g/mol. The van der Waals surface area contributed by atoms with Gasteiger partial charge < -0.3 is 0 Å². The van der Waals surface area contributed by atoms with E-state index in [2.05, 4.69) is 6.58 Å². The first-order valence-corrected chi connectivity index (χ1v) is 4.71. The number of hydrogen-bond donors (Lipinski definition) is 0. The summed E-state index contributed by atoms with van der Waals surface area (Å²) in [6, 6.07) is 0. The minimum atomic E-state index is -0.173. The summed E-state index contributed by atoms with van der Waals surface area (Å²) in [5.41, 5.74) is 1.20. The molecule has 0 aromatic rings. The summed E-state index contributed by atoms with van der Waals surface area (Å²) < 4.78 is 11.6. The van der Waals surface area contributed by atoms with E-state index in [1.165, 1.54) is 5.57 Å². The van der Waals surface area contributed by atoms with E-state index in [4.69, 9.17) is 0 Å². The van der Waals surface area contributed by atoms with Crippen molar-refractivity contribution in [2.45, 2.75) is 19.8 Å². The third kappa shape index (κ3) is 8.02. The molecule has 0 atom stereocenters. The third-order valence-electron chi connectivity index (χ3n) is 1.02. The number of hydrogen-bond acceptors (Lipinski definition) is 1. The molecule has 2 heteroatoms. The fourth-order valence-corrected chi connectivity index (χ4v) is 1.45. The van der Waals surface area contributed by atoms with Crippen molar-refractivity contribution in [2.24, 2.45) is 0 Å². The lowest BCUT2D eigenvalue weighted by Gasteiger charge is -1.97. The minimum Gasteiger partial charge on any atom is -0.251 e. The highest BCUT2D eigenvalue weighted by Crippen LogP contribution is 2.08. The van der Waals surface area contributed by atoms with E-state index in [0.717, 1.165) is 17.9 Å². The maximum Gasteiger partial charge on any atom is 0.0894 e. The smallest absolute Gasteiger partial charge is 0.0894 e. The minimum absolute atomic E-state index is 0.173. The normalized spacial score (nSPS) is 9.80. The lowest BCUT2D eigenvalue weighted by atomic mass is 10.4. The highest BCUT2D eigenvalue weighted by molar-refractivity contribution is 7.99. The Hall–Kier alpha value is 0.0200. The molecule has 0 aliphatic heterocycles. The van der Waals surface area contributed by atoms with E-state index >= 15 is 0 Å². The topological polar surface area (TPSA) is 0 Å². The van der Waals surface area contributed by atoms with Crippen LogP contribution in [0.4, 0.5) is 4.39 Å². The van der Waals surface area contributed by atoms with Crippen LogP contribution in [0.1, 0.15) is 19.8 Å². The first-order valence-electron chi connectivity index (χ1n) is 3.55. The van der Waals surface area contributed by atoms with Gasteiger partial charge in [0.05, 0.1) is 6.67 Å². The Labute approximate surface area is 66.9 Å². The molecule has 0 unspecified atom stereocenters. The van der Waals surface area contributed by atoms with Crippen molar-refractivity contribution in [1.29, 1.82) is 0 Å². The molecule has 0 saturated carbocycles. The van der Waals surface area contributed by atoms with Crippen LogP contribution in [-0.4, -0.2) is 18.2 Å². The quantitative estimate of drug-likeness (QED) is 0.427. The SMILES string of the molecule is C=C(C)CSCCCCF. The van der Waals surface area contributed by atoms with Gasteiger partial charge in [0.1, 0.15) is 0 Å². The molecule has 0 fully saturated rings. The molecule has 0 N–H and O–H groups in total. The van der Waals surface area contributed by atoms with Gasteiger partial charge in [-0.2, -0.15) is 11.8 Å². The summed E-state index contributed by atoms with van der Waals surface area (Å²) in [6.45, 7) is 5.62. The van der Waals surface area contributed by atoms with E-state index in [9.17, 15) is 4.39 Å². The van der Waals surface area contributed by atoms with Crippen molar-refractivity contribution < 1.29 is 4.39 Å². The van der Waals surface area contributed by atoms with E-state index in [-0.39, 0.29) is 6.67 Å². The van der Waals surface area contributed by atoms with Gasteiger partial charge in [0.15, 0.2) is 0 Å². The lowest BCUT2D eigenvalue weighted by molar-refractivity contribution is 0.470. The number of halogens is 1. The van der Waals surface area contributed by atoms with Gasteiger partial charge in [0.2, 0.25) is 0 Å². The molecule has 0 aliphatic carbocycles. The maximum absolute atomic E-state index is 11.6. The second-order valence-corrected chi connectivity index (χ2v) is 3.51. The van der Waals surface area contributed by atoms with Crippen molar-refractivity contribution in [3.8, 4) is 0 Å². The van der Waals surface area contributed by atoms with Crippen LogP contribution >= 0.6 is 11.8 Å². The maximum atomic E-state index is 11.6. The zero-order valence-electron chi connectivity index (χ0n) is 6.53. The van der Waals surface area contributed by atoms with Crippen LogP contribution in [0.5, 0.6) is 0 Å². The Morgan fingerprint density at radius 3 is 2.70 bits per heavy atom. The van der Waals surface area contributed by atoms with Crippen LogP contribution in [0.25, 0.3) is 0 Å². The number of alkyl halides is 1. The number of unbranched alkanes of at least 4 members (excludes halogenated alkanes) is 1. The molecular formula is C8H15FS. The second kappa shape index (κ2) is 7.13. The van der Waals surface area contributed by atoms with Gasteiger partial charge >= 0.3 is 0 Å². The first kappa shape index (κ1) is 10.0. The molecule has 0 aromatic carbocycles. The molecule has 0 spiro atoms. The molecule has 0 amide bonds. The van der Waals surface area contributed by atoms with E-state index in [1.807, 2.05) is 18.7 Å². The summed E-state index contributed by atoms with van der Waals surface area (Å²) in [5, 5.41) is 0. The van der Waals surface area contributed by atoms with Gasteiger partial charge in [-0.3, -0.25) is 4.39 Å². The Bertz CT molecular complexity index is 91.3. The molecule has 0 saturated heterocycles. The van der Waals surface area contributed by atoms with Crippen LogP contribution in [0, 0.1) is 0 Å². The predicted octanol–water partition coefficient (Wildman–Crippen LogP) is 3.05. The van der Waals surface area contributed by atoms with Gasteiger partial charge in [0.25, 0.3) is 0 Å². The molecule has 0 rings (SSSR count). The van der Waals surface area contributed by atoms with Crippen molar-refractivity contribution >= 4 is 11.8 Å². The van der Waals surface area contributed by atoms with Crippen molar-refractivity contribution in [1.82, 2.24) is 0 Å². The highest BCUT2D eigenvalue weighted by atomic mass is 32.2. The number of rotatable bonds is 6. The Kier molecular flexibility index (Phi) is 7.15. The Morgan fingerprint density at radius 1 is 1.50 bits per heavy atom. The van der Waals surface area contributed by atoms with Crippen LogP contribution < -0.4 is 0 Å². The van der Waals surface area contributed by atoms with Gasteiger partial charge in [-0.15, -0.1) is 0 Å². The lowest BCUT2D eigenvalue weighted by Crippen LogP contribution is -1.85. The summed E-state index contributed by atoms with van der Waals surface area (Å²) in [7, 11) is 0. The fourth-order valence-electron chi connectivity index (χ4n) is 0.545. The summed E-state index contributed by atoms with van der Waals surface area (Å²) in [6.07, 6.45) is 1.71. The molecule has 0 nitrogen and oxygen atoms in total. The Balaban J connectivity index is 2.84. The average molecular weight is 162 g/mol. The molecule has 0 aromatic heterocycles. The summed E-state index contributed by atoms with van der Waals surface area (Å²) in [4.78, 5) is 0. The monoisotopic (exact) mass is 162 g/mol. The largest absolute Gasteiger partial charge is 0.251 e. The zero-order chi connectivity index (χ0) is 7.82. The highest BCUT2D eigenvalue weighted by Gasteiger charge is 1.89. The van der Waals surface area contributed by atoms with Gasteiger partial charge in [-0.25, -0.2) is 0 Å². The third-order valence-corrected chi connectivity index (χ3v) is 2.30. The molecule has 0 radical (unpaired) electrons. The van der Waals surface area contributed by atoms with E-state index in [1.54, 1.807) is 0 Å².